The number of hydrogen-bond acceptors (Lipinski definition) is 6. The number of aromatic amines is 1. The first-order valence-corrected chi connectivity index (χ1v) is 8.97. The molecule has 142 valence electrons. The molecule has 0 atom stereocenters. The van der Waals surface area contributed by atoms with Gasteiger partial charge in [0.2, 0.25) is 5.95 Å². The topological polar surface area (TPSA) is 113 Å². The number of carbonyl (C=O) groups is 1. The van der Waals surface area contributed by atoms with Crippen molar-refractivity contribution in [1.82, 2.24) is 35.3 Å². The van der Waals surface area contributed by atoms with Crippen LogP contribution in [0.15, 0.2) is 60.7 Å². The van der Waals surface area contributed by atoms with Gasteiger partial charge in [-0.05, 0) is 48.5 Å². The number of amides is 1. The van der Waals surface area contributed by atoms with E-state index in [2.05, 4.69) is 36.1 Å². The Morgan fingerprint density at radius 3 is 2.76 bits per heavy atom. The molecule has 0 saturated heterocycles. The van der Waals surface area contributed by atoms with Crippen LogP contribution in [0.4, 0.5) is 11.6 Å². The number of nitrogens with zero attached hydrogens (tertiary/aromatic N) is 5. The van der Waals surface area contributed by atoms with E-state index in [9.17, 15) is 4.79 Å². The molecule has 0 fully saturated rings. The van der Waals surface area contributed by atoms with E-state index < -0.39 is 0 Å². The van der Waals surface area contributed by atoms with Gasteiger partial charge in [0.25, 0.3) is 5.91 Å². The third-order valence-corrected chi connectivity index (χ3v) is 4.61. The Hall–Kier alpha value is -4.27. The van der Waals surface area contributed by atoms with E-state index in [-0.39, 0.29) is 5.91 Å². The predicted molar refractivity (Wildman–Crippen MR) is 109 cm³/mol. The molecule has 0 saturated carbocycles. The zero-order chi connectivity index (χ0) is 19.8. The lowest BCUT2D eigenvalue weighted by molar-refractivity contribution is 0.0963. The largest absolute Gasteiger partial charge is 0.355 e. The SMILES string of the molecule is CNC(=O)c1ccc(Nc2nc3cccc(-c4ccc5nn[nH]c5c4)n3n2)cc1. The summed E-state index contributed by atoms with van der Waals surface area (Å²) in [7, 11) is 1.60. The van der Waals surface area contributed by atoms with Crippen molar-refractivity contribution < 1.29 is 4.79 Å². The number of nitrogens with one attached hydrogen (secondary N) is 3. The van der Waals surface area contributed by atoms with Gasteiger partial charge in [0.1, 0.15) is 5.52 Å². The van der Waals surface area contributed by atoms with Crippen LogP contribution in [0, 0.1) is 0 Å². The maximum Gasteiger partial charge on any atom is 0.251 e. The van der Waals surface area contributed by atoms with Crippen LogP contribution in [0.25, 0.3) is 27.9 Å². The number of H-pyrrole nitrogens is 1. The Morgan fingerprint density at radius 2 is 1.93 bits per heavy atom. The van der Waals surface area contributed by atoms with E-state index in [1.807, 2.05) is 48.5 Å². The van der Waals surface area contributed by atoms with Crippen LogP contribution in [-0.4, -0.2) is 43.0 Å². The van der Waals surface area contributed by atoms with Gasteiger partial charge < -0.3 is 10.6 Å². The normalized spacial score (nSPS) is 11.1. The van der Waals surface area contributed by atoms with Crippen LogP contribution < -0.4 is 10.6 Å². The van der Waals surface area contributed by atoms with Gasteiger partial charge in [-0.1, -0.05) is 17.3 Å². The number of hydrogen-bond donors (Lipinski definition) is 3. The highest BCUT2D eigenvalue weighted by Gasteiger charge is 2.11. The third-order valence-electron chi connectivity index (χ3n) is 4.61. The highest BCUT2D eigenvalue weighted by molar-refractivity contribution is 5.94. The summed E-state index contributed by atoms with van der Waals surface area (Å²) in [5, 5.41) is 21.1. The predicted octanol–water partition coefficient (Wildman–Crippen LogP) is 2.77. The maximum absolute atomic E-state index is 11.7. The second-order valence-corrected chi connectivity index (χ2v) is 6.44. The van der Waals surface area contributed by atoms with Crippen molar-refractivity contribution in [2.75, 3.05) is 12.4 Å². The van der Waals surface area contributed by atoms with Crippen molar-refractivity contribution >= 4 is 34.2 Å². The molecule has 3 N–H and O–H groups in total. The first kappa shape index (κ1) is 16.9. The highest BCUT2D eigenvalue weighted by atomic mass is 16.1. The van der Waals surface area contributed by atoms with Gasteiger partial charge in [0, 0.05) is 23.9 Å². The molecular formula is C20H16N8O. The molecule has 1 amide bonds. The van der Waals surface area contributed by atoms with Gasteiger partial charge in [-0.2, -0.15) is 4.98 Å². The number of rotatable bonds is 4. The summed E-state index contributed by atoms with van der Waals surface area (Å²) >= 11 is 0. The molecule has 29 heavy (non-hydrogen) atoms. The quantitative estimate of drug-likeness (QED) is 0.439. The molecule has 0 bridgehead atoms. The Kier molecular flexibility index (Phi) is 3.91. The minimum absolute atomic E-state index is 0.128. The first-order chi connectivity index (χ1) is 14.2. The summed E-state index contributed by atoms with van der Waals surface area (Å²) < 4.78 is 1.78. The zero-order valence-electron chi connectivity index (χ0n) is 15.4. The second kappa shape index (κ2) is 6.71. The van der Waals surface area contributed by atoms with Gasteiger partial charge >= 0.3 is 0 Å². The lowest BCUT2D eigenvalue weighted by Crippen LogP contribution is -2.17. The summed E-state index contributed by atoms with van der Waals surface area (Å²) in [6.45, 7) is 0. The summed E-state index contributed by atoms with van der Waals surface area (Å²) in [4.78, 5) is 16.2. The Morgan fingerprint density at radius 1 is 1.07 bits per heavy atom. The summed E-state index contributed by atoms with van der Waals surface area (Å²) in [6, 6.07) is 18.8. The van der Waals surface area contributed by atoms with Crippen LogP contribution in [0.1, 0.15) is 10.4 Å². The monoisotopic (exact) mass is 384 g/mol. The molecule has 0 radical (unpaired) electrons. The van der Waals surface area contributed by atoms with Crippen LogP contribution >= 0.6 is 0 Å². The number of fused-ring (bicyclic) bond motifs is 2. The molecular weight excluding hydrogens is 368 g/mol. The highest BCUT2D eigenvalue weighted by Crippen LogP contribution is 2.24. The van der Waals surface area contributed by atoms with E-state index in [1.165, 1.54) is 0 Å². The Balaban J connectivity index is 1.49. The standard InChI is InChI=1S/C20H16N8O/c1-21-19(29)12-5-8-14(9-6-12)22-20-23-18-4-2-3-17(28(18)26-20)13-7-10-15-16(11-13)25-27-24-15/h2-11H,1H3,(H,21,29)(H,22,26)(H,24,25,27). The van der Waals surface area contributed by atoms with Gasteiger partial charge in [0.05, 0.1) is 11.2 Å². The molecule has 3 aromatic heterocycles. The van der Waals surface area contributed by atoms with Crippen molar-refractivity contribution in [3.05, 3.63) is 66.2 Å². The number of anilines is 2. The Bertz CT molecular complexity index is 1340. The van der Waals surface area contributed by atoms with Crippen LogP contribution in [-0.2, 0) is 0 Å². The lowest BCUT2D eigenvalue weighted by atomic mass is 10.1. The molecule has 9 heteroatoms. The molecule has 2 aromatic carbocycles. The molecule has 0 unspecified atom stereocenters. The van der Waals surface area contributed by atoms with Crippen LogP contribution in [0.3, 0.4) is 0 Å². The van der Waals surface area contributed by atoms with Gasteiger partial charge in [-0.15, -0.1) is 10.2 Å². The minimum atomic E-state index is -0.128. The fourth-order valence-corrected chi connectivity index (χ4v) is 3.16. The summed E-state index contributed by atoms with van der Waals surface area (Å²) in [5.41, 5.74) is 5.63. The summed E-state index contributed by atoms with van der Waals surface area (Å²) in [6.07, 6.45) is 0. The number of pyridine rings is 1. The Labute approximate surface area is 164 Å². The number of benzene rings is 2. The van der Waals surface area contributed by atoms with E-state index in [0.717, 1.165) is 33.6 Å². The van der Waals surface area contributed by atoms with E-state index in [1.54, 1.807) is 23.7 Å². The number of carbonyl (C=O) groups excluding carboxylic acids is 1. The second-order valence-electron chi connectivity index (χ2n) is 6.44. The minimum Gasteiger partial charge on any atom is -0.355 e. The third kappa shape index (κ3) is 3.04. The van der Waals surface area contributed by atoms with E-state index >= 15 is 0 Å². The van der Waals surface area contributed by atoms with Crippen molar-refractivity contribution in [3.63, 3.8) is 0 Å². The number of aromatic nitrogens is 6. The van der Waals surface area contributed by atoms with Crippen LogP contribution in [0.2, 0.25) is 0 Å². The average molecular weight is 384 g/mol. The van der Waals surface area contributed by atoms with Crippen molar-refractivity contribution in [2.45, 2.75) is 0 Å². The fourth-order valence-electron chi connectivity index (χ4n) is 3.16. The molecule has 3 heterocycles. The molecule has 5 rings (SSSR count). The van der Waals surface area contributed by atoms with Crippen molar-refractivity contribution in [1.29, 1.82) is 0 Å². The fraction of sp³-hybridized carbons (Fsp3) is 0.0500. The zero-order valence-corrected chi connectivity index (χ0v) is 15.4. The molecule has 0 aliphatic rings. The average Bonchev–Trinajstić information content (AvgIpc) is 3.39. The van der Waals surface area contributed by atoms with Crippen LogP contribution in [0.5, 0.6) is 0 Å². The van der Waals surface area contributed by atoms with E-state index in [4.69, 9.17) is 0 Å². The van der Waals surface area contributed by atoms with Gasteiger partial charge in [-0.25, -0.2) is 4.52 Å². The molecule has 5 aromatic rings. The van der Waals surface area contributed by atoms with Crippen molar-refractivity contribution in [3.8, 4) is 11.3 Å². The van der Waals surface area contributed by atoms with Gasteiger partial charge in [0.15, 0.2) is 5.65 Å². The molecule has 0 aliphatic heterocycles. The molecule has 9 nitrogen and oxygen atoms in total. The molecule has 0 aliphatic carbocycles. The van der Waals surface area contributed by atoms with Gasteiger partial charge in [-0.3, -0.25) is 9.89 Å². The molecule has 0 spiro atoms. The lowest BCUT2D eigenvalue weighted by Gasteiger charge is -2.04. The smallest absolute Gasteiger partial charge is 0.251 e. The first-order valence-electron chi connectivity index (χ1n) is 8.97. The van der Waals surface area contributed by atoms with E-state index in [0.29, 0.717) is 11.5 Å². The maximum atomic E-state index is 11.7. The van der Waals surface area contributed by atoms with Crippen molar-refractivity contribution in [2.24, 2.45) is 0 Å². The summed E-state index contributed by atoms with van der Waals surface area (Å²) in [5.74, 6) is 0.339.